The molecule has 150 valence electrons. The van der Waals surface area contributed by atoms with Gasteiger partial charge >= 0.3 is 5.97 Å². The van der Waals surface area contributed by atoms with Crippen molar-refractivity contribution in [1.82, 2.24) is 0 Å². The van der Waals surface area contributed by atoms with Gasteiger partial charge in [-0.25, -0.2) is 4.79 Å². The third kappa shape index (κ3) is 5.33. The second-order valence-corrected chi connectivity index (χ2v) is 8.05. The van der Waals surface area contributed by atoms with Crippen molar-refractivity contribution >= 4 is 55.7 Å². The summed E-state index contributed by atoms with van der Waals surface area (Å²) in [6.07, 6.45) is 1.40. The number of hydrogen-bond donors (Lipinski definition) is 2. The average molecular weight is 477 g/mol. The molecule has 0 aliphatic heterocycles. The number of halogens is 1. The first-order valence-corrected chi connectivity index (χ1v) is 10.1. The van der Waals surface area contributed by atoms with E-state index in [1.807, 2.05) is 13.0 Å². The van der Waals surface area contributed by atoms with E-state index in [2.05, 4.69) is 26.6 Å². The lowest BCUT2D eigenvalue weighted by molar-refractivity contribution is -0.119. The number of furan rings is 1. The van der Waals surface area contributed by atoms with Gasteiger partial charge in [0, 0.05) is 10.2 Å². The number of anilines is 2. The fourth-order valence-electron chi connectivity index (χ4n) is 2.44. The first kappa shape index (κ1) is 20.8. The Bertz CT molecular complexity index is 1060. The van der Waals surface area contributed by atoms with Gasteiger partial charge in [-0.05, 0) is 61.4 Å². The molecule has 7 nitrogen and oxygen atoms in total. The zero-order chi connectivity index (χ0) is 21.0. The molecule has 2 heterocycles. The Kier molecular flexibility index (Phi) is 6.50. The first-order valence-electron chi connectivity index (χ1n) is 8.52. The smallest absolute Gasteiger partial charge is 0.349 e. The summed E-state index contributed by atoms with van der Waals surface area (Å²) < 4.78 is 11.1. The van der Waals surface area contributed by atoms with Gasteiger partial charge in [-0.2, -0.15) is 0 Å². The predicted molar refractivity (Wildman–Crippen MR) is 114 cm³/mol. The van der Waals surface area contributed by atoms with Crippen molar-refractivity contribution in [3.8, 4) is 0 Å². The molecule has 2 aromatic heterocycles. The lowest BCUT2D eigenvalue weighted by Gasteiger charge is -2.08. The Labute approximate surface area is 179 Å². The number of amides is 2. The average Bonchev–Trinajstić information content (AvgIpc) is 3.33. The fraction of sp³-hybridized carbons (Fsp3) is 0.150. The monoisotopic (exact) mass is 476 g/mol. The van der Waals surface area contributed by atoms with Crippen molar-refractivity contribution in [1.29, 1.82) is 0 Å². The van der Waals surface area contributed by atoms with Crippen LogP contribution in [0.3, 0.4) is 0 Å². The summed E-state index contributed by atoms with van der Waals surface area (Å²) in [7, 11) is 0. The normalized spacial score (nSPS) is 10.4. The zero-order valence-electron chi connectivity index (χ0n) is 15.6. The van der Waals surface area contributed by atoms with Gasteiger partial charge in [0.1, 0.15) is 4.88 Å². The summed E-state index contributed by atoms with van der Waals surface area (Å²) in [5.74, 6) is -1.32. The minimum absolute atomic E-state index is 0.167. The third-order valence-electron chi connectivity index (χ3n) is 3.86. The molecule has 3 aromatic rings. The Balaban J connectivity index is 1.56. The number of ether oxygens (including phenoxy) is 1. The SMILES string of the molecule is Cc1cc(NC(=O)COC(=O)c2sc(NC(=O)c3ccco3)cc2C)ccc1Br. The molecule has 3 rings (SSSR count). The van der Waals surface area contributed by atoms with Gasteiger partial charge in [0.05, 0.1) is 11.3 Å². The first-order chi connectivity index (χ1) is 13.8. The second kappa shape index (κ2) is 9.06. The Hall–Kier alpha value is -2.91. The molecule has 29 heavy (non-hydrogen) atoms. The number of esters is 1. The summed E-state index contributed by atoms with van der Waals surface area (Å²) in [5.41, 5.74) is 2.22. The van der Waals surface area contributed by atoms with E-state index in [9.17, 15) is 14.4 Å². The molecule has 0 aliphatic rings. The van der Waals surface area contributed by atoms with E-state index < -0.39 is 24.4 Å². The Morgan fingerprint density at radius 2 is 1.90 bits per heavy atom. The molecule has 2 N–H and O–H groups in total. The van der Waals surface area contributed by atoms with Crippen LogP contribution in [0.15, 0.2) is 51.6 Å². The summed E-state index contributed by atoms with van der Waals surface area (Å²) in [6.45, 7) is 3.21. The van der Waals surface area contributed by atoms with Gasteiger partial charge in [0.15, 0.2) is 12.4 Å². The van der Waals surface area contributed by atoms with E-state index in [-0.39, 0.29) is 5.76 Å². The molecule has 0 saturated carbocycles. The topological polar surface area (TPSA) is 97.6 Å². The zero-order valence-corrected chi connectivity index (χ0v) is 18.0. The van der Waals surface area contributed by atoms with E-state index in [0.29, 0.717) is 21.1 Å². The number of hydrogen-bond acceptors (Lipinski definition) is 6. The van der Waals surface area contributed by atoms with Crippen LogP contribution in [-0.4, -0.2) is 24.4 Å². The number of carbonyl (C=O) groups is 3. The van der Waals surface area contributed by atoms with Crippen molar-refractivity contribution in [2.24, 2.45) is 0 Å². The van der Waals surface area contributed by atoms with Crippen molar-refractivity contribution in [2.75, 3.05) is 17.2 Å². The number of benzene rings is 1. The van der Waals surface area contributed by atoms with Crippen LogP contribution < -0.4 is 10.6 Å². The lowest BCUT2D eigenvalue weighted by Crippen LogP contribution is -2.20. The molecule has 0 saturated heterocycles. The van der Waals surface area contributed by atoms with Gasteiger partial charge in [0.2, 0.25) is 0 Å². The lowest BCUT2D eigenvalue weighted by atomic mass is 10.2. The molecular formula is C20H17BrN2O5S. The van der Waals surface area contributed by atoms with Gasteiger partial charge in [0.25, 0.3) is 11.8 Å². The molecule has 0 atom stereocenters. The van der Waals surface area contributed by atoms with Crippen molar-refractivity contribution in [3.05, 3.63) is 68.9 Å². The number of rotatable bonds is 6. The molecule has 1 aromatic carbocycles. The van der Waals surface area contributed by atoms with Crippen molar-refractivity contribution < 1.29 is 23.5 Å². The number of thiophene rings is 1. The van der Waals surface area contributed by atoms with Crippen molar-refractivity contribution in [3.63, 3.8) is 0 Å². The van der Waals surface area contributed by atoms with Gasteiger partial charge in [-0.3, -0.25) is 9.59 Å². The quantitative estimate of drug-likeness (QED) is 0.499. The molecular weight excluding hydrogens is 460 g/mol. The maximum absolute atomic E-state index is 12.3. The summed E-state index contributed by atoms with van der Waals surface area (Å²) >= 11 is 4.46. The third-order valence-corrected chi connectivity index (χ3v) is 5.88. The second-order valence-electron chi connectivity index (χ2n) is 6.14. The Morgan fingerprint density at radius 1 is 1.10 bits per heavy atom. The summed E-state index contributed by atoms with van der Waals surface area (Å²) in [6, 6.07) is 10.2. The van der Waals surface area contributed by atoms with E-state index in [0.717, 1.165) is 21.4 Å². The highest BCUT2D eigenvalue weighted by atomic mass is 79.9. The predicted octanol–water partition coefficient (Wildman–Crippen LogP) is 4.77. The number of nitrogens with one attached hydrogen (secondary N) is 2. The number of aryl methyl sites for hydroxylation is 2. The minimum Gasteiger partial charge on any atom is -0.459 e. The van der Waals surface area contributed by atoms with Crippen LogP contribution in [0.2, 0.25) is 0 Å². The minimum atomic E-state index is -0.631. The van der Waals surface area contributed by atoms with Crippen LogP contribution in [0.1, 0.15) is 31.4 Å². The number of carbonyl (C=O) groups excluding carboxylic acids is 3. The maximum atomic E-state index is 12.3. The van der Waals surface area contributed by atoms with Crippen LogP contribution >= 0.6 is 27.3 Å². The molecule has 0 fully saturated rings. The summed E-state index contributed by atoms with van der Waals surface area (Å²) in [5, 5.41) is 5.82. The molecule has 0 unspecified atom stereocenters. The highest BCUT2D eigenvalue weighted by Gasteiger charge is 2.18. The highest BCUT2D eigenvalue weighted by molar-refractivity contribution is 9.10. The van der Waals surface area contributed by atoms with Crippen LogP contribution in [0.5, 0.6) is 0 Å². The molecule has 0 spiro atoms. The highest BCUT2D eigenvalue weighted by Crippen LogP contribution is 2.28. The molecule has 9 heteroatoms. The van der Waals surface area contributed by atoms with E-state index >= 15 is 0 Å². The van der Waals surface area contributed by atoms with E-state index in [1.54, 1.807) is 31.2 Å². The largest absolute Gasteiger partial charge is 0.459 e. The van der Waals surface area contributed by atoms with E-state index in [4.69, 9.17) is 9.15 Å². The van der Waals surface area contributed by atoms with Crippen LogP contribution in [0.25, 0.3) is 0 Å². The molecule has 2 amide bonds. The molecule has 0 bridgehead atoms. The van der Waals surface area contributed by atoms with Gasteiger partial charge in [-0.1, -0.05) is 15.9 Å². The van der Waals surface area contributed by atoms with E-state index in [1.165, 1.54) is 12.3 Å². The van der Waals surface area contributed by atoms with Gasteiger partial charge < -0.3 is 19.8 Å². The fourth-order valence-corrected chi connectivity index (χ4v) is 3.65. The van der Waals surface area contributed by atoms with Crippen LogP contribution in [-0.2, 0) is 9.53 Å². The standard InChI is InChI=1S/C20H17BrN2O5S/c1-11-8-13(5-6-14(11)21)22-16(24)10-28-20(26)18-12(2)9-17(29-18)23-19(25)15-4-3-7-27-15/h3-9H,10H2,1-2H3,(H,22,24)(H,23,25). The Morgan fingerprint density at radius 3 is 2.59 bits per heavy atom. The van der Waals surface area contributed by atoms with Gasteiger partial charge in [-0.15, -0.1) is 11.3 Å². The summed E-state index contributed by atoms with van der Waals surface area (Å²) in [4.78, 5) is 36.7. The molecule has 0 aliphatic carbocycles. The van der Waals surface area contributed by atoms with Crippen LogP contribution in [0, 0.1) is 13.8 Å². The van der Waals surface area contributed by atoms with Crippen molar-refractivity contribution in [2.45, 2.75) is 13.8 Å². The molecule has 0 radical (unpaired) electrons. The van der Waals surface area contributed by atoms with Crippen LogP contribution in [0.4, 0.5) is 10.7 Å². The maximum Gasteiger partial charge on any atom is 0.349 e.